The number of hydrogen-bond acceptors (Lipinski definition) is 4. The van der Waals surface area contributed by atoms with E-state index in [9.17, 15) is 8.42 Å². The molecule has 0 heterocycles. The molecule has 2 aromatic carbocycles. The summed E-state index contributed by atoms with van der Waals surface area (Å²) in [5.41, 5.74) is 2.12. The van der Waals surface area contributed by atoms with Crippen molar-refractivity contribution in [2.75, 3.05) is 19.4 Å². The molecule has 1 N–H and O–H groups in total. The maximum absolute atomic E-state index is 12.4. The molecule has 0 aliphatic rings. The summed E-state index contributed by atoms with van der Waals surface area (Å²) in [7, 11) is -2.09. The summed E-state index contributed by atoms with van der Waals surface area (Å²) < 4.78 is 32.6. The molecule has 0 unspecified atom stereocenters. The summed E-state index contributed by atoms with van der Waals surface area (Å²) in [5, 5.41) is 0. The van der Waals surface area contributed by atoms with Gasteiger partial charge in [0, 0.05) is 18.1 Å². The molecule has 124 valence electrons. The first-order valence-corrected chi connectivity index (χ1v) is 9.92. The average Bonchev–Trinajstić information content (AvgIpc) is 2.55. The van der Waals surface area contributed by atoms with E-state index in [0.29, 0.717) is 18.0 Å². The fraction of sp³-hybridized carbons (Fsp3) is 0.294. The Kier molecular flexibility index (Phi) is 6.50. The van der Waals surface area contributed by atoms with Gasteiger partial charge in [0.2, 0.25) is 10.0 Å². The Bertz CT molecular complexity index is 731. The monoisotopic (exact) mass is 351 g/mol. The highest BCUT2D eigenvalue weighted by molar-refractivity contribution is 7.98. The third-order valence-electron chi connectivity index (χ3n) is 3.26. The Balaban J connectivity index is 1.88. The first-order chi connectivity index (χ1) is 11.0. The van der Waals surface area contributed by atoms with Crippen LogP contribution in [0.5, 0.6) is 5.75 Å². The van der Waals surface area contributed by atoms with Crippen molar-refractivity contribution in [1.82, 2.24) is 4.72 Å². The number of rotatable bonds is 8. The van der Waals surface area contributed by atoms with Crippen molar-refractivity contribution in [3.05, 3.63) is 59.7 Å². The second-order valence-electron chi connectivity index (χ2n) is 5.09. The van der Waals surface area contributed by atoms with Gasteiger partial charge in [-0.2, -0.15) is 11.8 Å². The lowest BCUT2D eigenvalue weighted by Gasteiger charge is -2.11. The Hall–Kier alpha value is -1.50. The van der Waals surface area contributed by atoms with E-state index in [-0.39, 0.29) is 4.90 Å². The van der Waals surface area contributed by atoms with E-state index in [2.05, 4.69) is 16.9 Å². The van der Waals surface area contributed by atoms with Crippen molar-refractivity contribution in [2.24, 2.45) is 0 Å². The minimum Gasteiger partial charge on any atom is -0.495 e. The maximum atomic E-state index is 12.4. The Morgan fingerprint density at radius 1 is 1.13 bits per heavy atom. The van der Waals surface area contributed by atoms with Gasteiger partial charge in [-0.1, -0.05) is 36.4 Å². The molecule has 0 spiro atoms. The SMILES string of the molecule is COc1ccc(C)cc1S(=O)(=O)NCCSCc1ccccc1. The van der Waals surface area contributed by atoms with E-state index in [0.717, 1.165) is 11.3 Å². The van der Waals surface area contributed by atoms with E-state index < -0.39 is 10.0 Å². The van der Waals surface area contributed by atoms with E-state index in [1.807, 2.05) is 31.2 Å². The lowest BCUT2D eigenvalue weighted by molar-refractivity contribution is 0.402. The maximum Gasteiger partial charge on any atom is 0.244 e. The van der Waals surface area contributed by atoms with Crippen LogP contribution in [0.1, 0.15) is 11.1 Å². The zero-order valence-corrected chi connectivity index (χ0v) is 14.9. The number of methoxy groups -OCH3 is 1. The van der Waals surface area contributed by atoms with Gasteiger partial charge in [-0.05, 0) is 30.2 Å². The smallest absolute Gasteiger partial charge is 0.244 e. The molecule has 23 heavy (non-hydrogen) atoms. The highest BCUT2D eigenvalue weighted by Crippen LogP contribution is 2.24. The van der Waals surface area contributed by atoms with Gasteiger partial charge in [0.25, 0.3) is 0 Å². The largest absolute Gasteiger partial charge is 0.495 e. The molecule has 2 aromatic rings. The topological polar surface area (TPSA) is 55.4 Å². The van der Waals surface area contributed by atoms with Gasteiger partial charge >= 0.3 is 0 Å². The molecule has 0 aliphatic carbocycles. The Labute approximate surface area is 142 Å². The minimum absolute atomic E-state index is 0.188. The molecule has 0 aliphatic heterocycles. The lowest BCUT2D eigenvalue weighted by atomic mass is 10.2. The van der Waals surface area contributed by atoms with E-state index in [1.54, 1.807) is 23.9 Å². The van der Waals surface area contributed by atoms with Crippen LogP contribution in [-0.4, -0.2) is 27.8 Å². The van der Waals surface area contributed by atoms with E-state index in [4.69, 9.17) is 4.74 Å². The second kappa shape index (κ2) is 8.38. The van der Waals surface area contributed by atoms with Gasteiger partial charge in [0.05, 0.1) is 7.11 Å². The van der Waals surface area contributed by atoms with E-state index >= 15 is 0 Å². The van der Waals surface area contributed by atoms with Crippen molar-refractivity contribution in [2.45, 2.75) is 17.6 Å². The molecule has 0 fully saturated rings. The second-order valence-corrected chi connectivity index (χ2v) is 7.93. The fourth-order valence-electron chi connectivity index (χ4n) is 2.08. The number of nitrogens with one attached hydrogen (secondary N) is 1. The molecule has 0 amide bonds. The number of benzene rings is 2. The van der Waals surface area contributed by atoms with Crippen molar-refractivity contribution in [3.8, 4) is 5.75 Å². The molecule has 0 bridgehead atoms. The molecular weight excluding hydrogens is 330 g/mol. The highest BCUT2D eigenvalue weighted by atomic mass is 32.2. The van der Waals surface area contributed by atoms with Crippen molar-refractivity contribution >= 4 is 21.8 Å². The molecular formula is C17H21NO3S2. The molecule has 4 nitrogen and oxygen atoms in total. The molecule has 0 saturated carbocycles. The van der Waals surface area contributed by atoms with Crippen LogP contribution < -0.4 is 9.46 Å². The number of hydrogen-bond donors (Lipinski definition) is 1. The summed E-state index contributed by atoms with van der Waals surface area (Å²) >= 11 is 1.70. The molecule has 6 heteroatoms. The van der Waals surface area contributed by atoms with Crippen LogP contribution in [0.15, 0.2) is 53.4 Å². The molecule has 2 rings (SSSR count). The number of sulfonamides is 1. The normalized spacial score (nSPS) is 11.4. The van der Waals surface area contributed by atoms with Crippen LogP contribution in [-0.2, 0) is 15.8 Å². The van der Waals surface area contributed by atoms with Crippen LogP contribution in [0, 0.1) is 6.92 Å². The fourth-order valence-corrected chi connectivity index (χ4v) is 4.32. The minimum atomic E-state index is -3.56. The quantitative estimate of drug-likeness (QED) is 0.742. The molecule has 0 aromatic heterocycles. The lowest BCUT2D eigenvalue weighted by Crippen LogP contribution is -2.26. The summed E-state index contributed by atoms with van der Waals surface area (Å²) in [6, 6.07) is 15.2. The summed E-state index contributed by atoms with van der Waals surface area (Å²) in [6.45, 7) is 2.24. The van der Waals surface area contributed by atoms with Gasteiger partial charge in [0.15, 0.2) is 0 Å². The Morgan fingerprint density at radius 3 is 2.57 bits per heavy atom. The van der Waals surface area contributed by atoms with Crippen LogP contribution in [0.25, 0.3) is 0 Å². The number of ether oxygens (including phenoxy) is 1. The number of aryl methyl sites for hydroxylation is 1. The summed E-state index contributed by atoms with van der Waals surface area (Å²) in [5.74, 6) is 1.94. The van der Waals surface area contributed by atoms with Crippen LogP contribution in [0.3, 0.4) is 0 Å². The molecule has 0 saturated heterocycles. The summed E-state index contributed by atoms with van der Waals surface area (Å²) in [4.78, 5) is 0.188. The van der Waals surface area contributed by atoms with Gasteiger partial charge < -0.3 is 4.74 Å². The van der Waals surface area contributed by atoms with Gasteiger partial charge in [-0.25, -0.2) is 13.1 Å². The summed E-state index contributed by atoms with van der Waals surface area (Å²) in [6.07, 6.45) is 0. The highest BCUT2D eigenvalue weighted by Gasteiger charge is 2.18. The van der Waals surface area contributed by atoms with Gasteiger partial charge in [-0.3, -0.25) is 0 Å². The van der Waals surface area contributed by atoms with Crippen molar-refractivity contribution in [3.63, 3.8) is 0 Å². The third kappa shape index (κ3) is 5.27. The molecule has 0 radical (unpaired) electrons. The van der Waals surface area contributed by atoms with Crippen molar-refractivity contribution in [1.29, 1.82) is 0 Å². The zero-order valence-electron chi connectivity index (χ0n) is 13.3. The standard InChI is InChI=1S/C17H21NO3S2/c1-14-8-9-16(21-2)17(12-14)23(19,20)18-10-11-22-13-15-6-4-3-5-7-15/h3-9,12,18H,10-11,13H2,1-2H3. The van der Waals surface area contributed by atoms with Crippen LogP contribution in [0.4, 0.5) is 0 Å². The predicted molar refractivity (Wildman–Crippen MR) is 95.5 cm³/mol. The predicted octanol–water partition coefficient (Wildman–Crippen LogP) is 3.22. The van der Waals surface area contributed by atoms with Gasteiger partial charge in [0.1, 0.15) is 10.6 Å². The third-order valence-corrected chi connectivity index (χ3v) is 5.77. The van der Waals surface area contributed by atoms with E-state index in [1.165, 1.54) is 12.7 Å². The zero-order chi connectivity index (χ0) is 16.7. The number of thioether (sulfide) groups is 1. The average molecular weight is 351 g/mol. The van der Waals surface area contributed by atoms with Crippen molar-refractivity contribution < 1.29 is 13.2 Å². The first kappa shape index (κ1) is 17.8. The Morgan fingerprint density at radius 2 is 1.87 bits per heavy atom. The van der Waals surface area contributed by atoms with Gasteiger partial charge in [-0.15, -0.1) is 0 Å². The molecule has 0 atom stereocenters. The van der Waals surface area contributed by atoms with Crippen LogP contribution >= 0.6 is 11.8 Å². The van der Waals surface area contributed by atoms with Crippen LogP contribution in [0.2, 0.25) is 0 Å². The first-order valence-electron chi connectivity index (χ1n) is 7.29.